The van der Waals surface area contributed by atoms with E-state index in [1.165, 1.54) is 6.20 Å². The monoisotopic (exact) mass is 177 g/mol. The van der Waals surface area contributed by atoms with Gasteiger partial charge in [0.25, 0.3) is 0 Å². The standard InChI is InChI=1S/C8H7N3O2/c9-7-6(8(12)13)4-3-10-2-1-5(4)11-7/h1-3,11H,9H2,(H,12,13). The Morgan fingerprint density at radius 1 is 1.62 bits per heavy atom. The number of nitrogens with one attached hydrogen (secondary N) is 1. The maximum absolute atomic E-state index is 10.8. The third-order valence-corrected chi connectivity index (χ3v) is 1.84. The van der Waals surface area contributed by atoms with E-state index in [1.54, 1.807) is 12.3 Å². The van der Waals surface area contributed by atoms with Gasteiger partial charge in [0, 0.05) is 17.8 Å². The van der Waals surface area contributed by atoms with E-state index in [0.717, 1.165) is 0 Å². The van der Waals surface area contributed by atoms with E-state index in [2.05, 4.69) is 9.97 Å². The highest BCUT2D eigenvalue weighted by atomic mass is 16.4. The van der Waals surface area contributed by atoms with Crippen molar-refractivity contribution in [1.82, 2.24) is 9.97 Å². The van der Waals surface area contributed by atoms with Crippen LogP contribution in [0.3, 0.4) is 0 Å². The molecular formula is C8H7N3O2. The lowest BCUT2D eigenvalue weighted by Gasteiger charge is -1.90. The summed E-state index contributed by atoms with van der Waals surface area (Å²) >= 11 is 0. The number of aromatic nitrogens is 2. The molecule has 0 saturated heterocycles. The molecule has 0 unspecified atom stereocenters. The number of carboxylic acid groups (broad SMARTS) is 1. The summed E-state index contributed by atoms with van der Waals surface area (Å²) in [4.78, 5) is 17.4. The minimum Gasteiger partial charge on any atom is -0.478 e. The van der Waals surface area contributed by atoms with Gasteiger partial charge in [0.05, 0.1) is 5.52 Å². The molecule has 0 atom stereocenters. The molecule has 13 heavy (non-hydrogen) atoms. The topological polar surface area (TPSA) is 92.0 Å². The molecule has 0 radical (unpaired) electrons. The minimum absolute atomic E-state index is 0.0862. The maximum atomic E-state index is 10.8. The van der Waals surface area contributed by atoms with Crippen molar-refractivity contribution in [1.29, 1.82) is 0 Å². The molecule has 0 amide bonds. The predicted molar refractivity (Wildman–Crippen MR) is 47.5 cm³/mol. The van der Waals surface area contributed by atoms with Crippen LogP contribution < -0.4 is 5.73 Å². The summed E-state index contributed by atoms with van der Waals surface area (Å²) in [7, 11) is 0. The summed E-state index contributed by atoms with van der Waals surface area (Å²) in [5.41, 5.74) is 6.26. The first-order valence-corrected chi connectivity index (χ1v) is 3.64. The van der Waals surface area contributed by atoms with Crippen LogP contribution in [0.1, 0.15) is 10.4 Å². The van der Waals surface area contributed by atoms with Gasteiger partial charge in [0.1, 0.15) is 11.4 Å². The number of nitrogens with zero attached hydrogens (tertiary/aromatic N) is 1. The van der Waals surface area contributed by atoms with E-state index in [4.69, 9.17) is 10.8 Å². The molecule has 0 aliphatic heterocycles. The molecule has 5 nitrogen and oxygen atoms in total. The van der Waals surface area contributed by atoms with Crippen molar-refractivity contribution in [2.24, 2.45) is 0 Å². The smallest absolute Gasteiger partial charge is 0.340 e. The zero-order chi connectivity index (χ0) is 9.42. The predicted octanol–water partition coefficient (Wildman–Crippen LogP) is 0.843. The number of aromatic amines is 1. The number of rotatable bonds is 1. The van der Waals surface area contributed by atoms with Crippen molar-refractivity contribution < 1.29 is 9.90 Å². The molecule has 2 aromatic heterocycles. The van der Waals surface area contributed by atoms with Crippen LogP contribution in [0, 0.1) is 0 Å². The van der Waals surface area contributed by atoms with E-state index in [0.29, 0.717) is 10.9 Å². The molecule has 0 aromatic carbocycles. The highest BCUT2D eigenvalue weighted by Gasteiger charge is 2.14. The summed E-state index contributed by atoms with van der Waals surface area (Å²) in [6.45, 7) is 0. The Morgan fingerprint density at radius 2 is 2.38 bits per heavy atom. The number of fused-ring (bicyclic) bond motifs is 1. The number of H-pyrrole nitrogens is 1. The van der Waals surface area contributed by atoms with Gasteiger partial charge >= 0.3 is 5.97 Å². The van der Waals surface area contributed by atoms with Crippen LogP contribution in [-0.4, -0.2) is 21.0 Å². The van der Waals surface area contributed by atoms with Crippen molar-refractivity contribution in [2.75, 3.05) is 5.73 Å². The lowest BCUT2D eigenvalue weighted by molar-refractivity contribution is 0.0700. The van der Waals surface area contributed by atoms with E-state index in [1.807, 2.05) is 0 Å². The third-order valence-electron chi connectivity index (χ3n) is 1.84. The first-order chi connectivity index (χ1) is 6.20. The molecule has 4 N–H and O–H groups in total. The summed E-state index contributed by atoms with van der Waals surface area (Å²) in [6, 6.07) is 1.68. The van der Waals surface area contributed by atoms with Crippen molar-refractivity contribution in [3.05, 3.63) is 24.0 Å². The fourth-order valence-electron chi connectivity index (χ4n) is 1.29. The highest BCUT2D eigenvalue weighted by Crippen LogP contribution is 2.22. The lowest BCUT2D eigenvalue weighted by atomic mass is 10.2. The highest BCUT2D eigenvalue weighted by molar-refractivity contribution is 6.07. The normalized spacial score (nSPS) is 10.5. The average Bonchev–Trinajstić information content (AvgIpc) is 2.39. The third kappa shape index (κ3) is 1.01. The molecule has 0 saturated carbocycles. The van der Waals surface area contributed by atoms with Gasteiger partial charge in [-0.25, -0.2) is 4.79 Å². The van der Waals surface area contributed by atoms with Crippen molar-refractivity contribution in [3.63, 3.8) is 0 Å². The SMILES string of the molecule is Nc1[nH]c2ccncc2c1C(=O)O. The summed E-state index contributed by atoms with van der Waals surface area (Å²) in [5, 5.41) is 9.36. The molecule has 5 heteroatoms. The molecule has 0 aliphatic rings. The molecular weight excluding hydrogens is 170 g/mol. The quantitative estimate of drug-likeness (QED) is 0.601. The summed E-state index contributed by atoms with van der Waals surface area (Å²) in [6.07, 6.45) is 3.05. The number of hydrogen-bond acceptors (Lipinski definition) is 3. The van der Waals surface area contributed by atoms with Gasteiger partial charge in [-0.3, -0.25) is 4.98 Å². The maximum Gasteiger partial charge on any atom is 0.340 e. The first kappa shape index (κ1) is 7.60. The van der Waals surface area contributed by atoms with Crippen LogP contribution >= 0.6 is 0 Å². The Hall–Kier alpha value is -2.04. The number of carboxylic acids is 1. The molecule has 2 aromatic rings. The van der Waals surface area contributed by atoms with Crippen LogP contribution in [0.2, 0.25) is 0 Å². The number of hydrogen-bond donors (Lipinski definition) is 3. The molecule has 2 rings (SSSR count). The molecule has 0 bridgehead atoms. The number of carbonyl (C=O) groups is 1. The van der Waals surface area contributed by atoms with Crippen LogP contribution in [-0.2, 0) is 0 Å². The number of nitrogen functional groups attached to an aromatic ring is 1. The van der Waals surface area contributed by atoms with Crippen LogP contribution in [0.25, 0.3) is 10.9 Å². The van der Waals surface area contributed by atoms with Crippen LogP contribution in [0.15, 0.2) is 18.5 Å². The Morgan fingerprint density at radius 3 is 3.08 bits per heavy atom. The van der Waals surface area contributed by atoms with E-state index >= 15 is 0 Å². The van der Waals surface area contributed by atoms with Crippen LogP contribution in [0.5, 0.6) is 0 Å². The second-order valence-corrected chi connectivity index (χ2v) is 2.64. The fourth-order valence-corrected chi connectivity index (χ4v) is 1.29. The van der Waals surface area contributed by atoms with Gasteiger partial charge in [-0.15, -0.1) is 0 Å². The van der Waals surface area contributed by atoms with Crippen molar-refractivity contribution in [3.8, 4) is 0 Å². The minimum atomic E-state index is -1.04. The Bertz CT molecular complexity index is 475. The van der Waals surface area contributed by atoms with Crippen LogP contribution in [0.4, 0.5) is 5.82 Å². The number of aromatic carboxylic acids is 1. The van der Waals surface area contributed by atoms with E-state index < -0.39 is 5.97 Å². The second kappa shape index (κ2) is 2.48. The Balaban J connectivity index is 2.86. The van der Waals surface area contributed by atoms with Gasteiger partial charge < -0.3 is 15.8 Å². The van der Waals surface area contributed by atoms with Crippen molar-refractivity contribution >= 4 is 22.7 Å². The molecule has 0 spiro atoms. The number of anilines is 1. The van der Waals surface area contributed by atoms with E-state index in [9.17, 15) is 4.79 Å². The van der Waals surface area contributed by atoms with Crippen molar-refractivity contribution in [2.45, 2.75) is 0 Å². The largest absolute Gasteiger partial charge is 0.478 e. The Labute approximate surface area is 73.2 Å². The zero-order valence-corrected chi connectivity index (χ0v) is 6.61. The van der Waals surface area contributed by atoms with Gasteiger partial charge in [0.2, 0.25) is 0 Å². The van der Waals surface area contributed by atoms with E-state index in [-0.39, 0.29) is 11.4 Å². The summed E-state index contributed by atoms with van der Waals surface area (Å²) in [5.74, 6) is -0.882. The molecule has 0 aliphatic carbocycles. The molecule has 0 fully saturated rings. The van der Waals surface area contributed by atoms with Gasteiger partial charge in [-0.05, 0) is 6.07 Å². The number of nitrogens with two attached hydrogens (primary N) is 1. The fraction of sp³-hybridized carbons (Fsp3) is 0. The zero-order valence-electron chi connectivity index (χ0n) is 6.61. The number of pyridine rings is 1. The lowest BCUT2D eigenvalue weighted by Crippen LogP contribution is -1.99. The molecule has 66 valence electrons. The first-order valence-electron chi connectivity index (χ1n) is 3.64. The second-order valence-electron chi connectivity index (χ2n) is 2.64. The average molecular weight is 177 g/mol. The molecule has 2 heterocycles. The van der Waals surface area contributed by atoms with Gasteiger partial charge in [-0.2, -0.15) is 0 Å². The van der Waals surface area contributed by atoms with Gasteiger partial charge in [-0.1, -0.05) is 0 Å². The summed E-state index contributed by atoms with van der Waals surface area (Å²) < 4.78 is 0. The Kier molecular flexibility index (Phi) is 1.45. The van der Waals surface area contributed by atoms with Gasteiger partial charge in [0.15, 0.2) is 0 Å².